The van der Waals surface area contributed by atoms with Crippen molar-refractivity contribution in [1.29, 1.82) is 0 Å². The van der Waals surface area contributed by atoms with E-state index in [1.54, 1.807) is 17.0 Å². The van der Waals surface area contributed by atoms with Crippen LogP contribution in [0.25, 0.3) is 0 Å². The third-order valence-corrected chi connectivity index (χ3v) is 3.83. The maximum absolute atomic E-state index is 12.3. The fourth-order valence-electron chi connectivity index (χ4n) is 2.80. The lowest BCUT2D eigenvalue weighted by molar-refractivity contribution is -0.127. The predicted octanol–water partition coefficient (Wildman–Crippen LogP) is 1.73. The van der Waals surface area contributed by atoms with Crippen LogP contribution in [0.4, 0.5) is 5.69 Å². The van der Waals surface area contributed by atoms with Gasteiger partial charge in [0.15, 0.2) is 11.5 Å². The summed E-state index contributed by atoms with van der Waals surface area (Å²) in [6, 6.07) is 5.44. The molecule has 124 valence electrons. The van der Waals surface area contributed by atoms with Crippen LogP contribution in [0.1, 0.15) is 27.2 Å². The van der Waals surface area contributed by atoms with Gasteiger partial charge in [0.2, 0.25) is 11.8 Å². The number of anilines is 1. The molecule has 6 heteroatoms. The molecule has 0 spiro atoms. The summed E-state index contributed by atoms with van der Waals surface area (Å²) in [5, 5.41) is 2.94. The van der Waals surface area contributed by atoms with Gasteiger partial charge in [0.25, 0.3) is 0 Å². The second kappa shape index (κ2) is 5.76. The minimum atomic E-state index is -0.324. The first-order valence-electron chi connectivity index (χ1n) is 7.85. The molecule has 1 fully saturated rings. The number of amides is 2. The Balaban J connectivity index is 1.74. The summed E-state index contributed by atoms with van der Waals surface area (Å²) in [4.78, 5) is 26.2. The van der Waals surface area contributed by atoms with Crippen LogP contribution in [0, 0.1) is 5.92 Å². The van der Waals surface area contributed by atoms with Crippen LogP contribution in [-0.2, 0) is 9.59 Å². The number of rotatable bonds is 2. The van der Waals surface area contributed by atoms with Crippen molar-refractivity contribution in [3.05, 3.63) is 18.2 Å². The van der Waals surface area contributed by atoms with Crippen molar-refractivity contribution in [2.75, 3.05) is 24.7 Å². The minimum Gasteiger partial charge on any atom is -0.486 e. The molecule has 3 rings (SSSR count). The number of hydrogen-bond acceptors (Lipinski definition) is 4. The number of carbonyl (C=O) groups excluding carboxylic acids is 2. The number of fused-ring (bicyclic) bond motifs is 1. The lowest BCUT2D eigenvalue weighted by Crippen LogP contribution is -2.44. The summed E-state index contributed by atoms with van der Waals surface area (Å²) in [5.74, 6) is 0.884. The van der Waals surface area contributed by atoms with Gasteiger partial charge in [-0.05, 0) is 32.9 Å². The second-order valence-corrected chi connectivity index (χ2v) is 6.97. The SMILES string of the molecule is CC(C)(C)NC(=O)[C@H]1CC(=O)N(c2ccc3c(c2)OCCO3)C1. The van der Waals surface area contributed by atoms with Crippen LogP contribution < -0.4 is 19.7 Å². The highest BCUT2D eigenvalue weighted by Crippen LogP contribution is 2.36. The molecule has 1 N–H and O–H groups in total. The van der Waals surface area contributed by atoms with Gasteiger partial charge in [-0.3, -0.25) is 9.59 Å². The van der Waals surface area contributed by atoms with Crippen LogP contribution >= 0.6 is 0 Å². The quantitative estimate of drug-likeness (QED) is 0.901. The van der Waals surface area contributed by atoms with Gasteiger partial charge in [-0.25, -0.2) is 0 Å². The van der Waals surface area contributed by atoms with Gasteiger partial charge in [0, 0.05) is 30.3 Å². The summed E-state index contributed by atoms with van der Waals surface area (Å²) < 4.78 is 11.0. The number of nitrogens with one attached hydrogen (secondary N) is 1. The number of ether oxygens (including phenoxy) is 2. The van der Waals surface area contributed by atoms with E-state index in [4.69, 9.17) is 9.47 Å². The predicted molar refractivity (Wildman–Crippen MR) is 85.8 cm³/mol. The zero-order valence-corrected chi connectivity index (χ0v) is 13.7. The van der Waals surface area contributed by atoms with Gasteiger partial charge in [0.1, 0.15) is 13.2 Å². The Morgan fingerprint density at radius 1 is 1.22 bits per heavy atom. The van der Waals surface area contributed by atoms with Crippen LogP contribution in [0.5, 0.6) is 11.5 Å². The zero-order valence-electron chi connectivity index (χ0n) is 13.7. The van der Waals surface area contributed by atoms with E-state index in [2.05, 4.69) is 5.32 Å². The molecule has 2 aliphatic rings. The molecule has 1 atom stereocenters. The minimum absolute atomic E-state index is 0.0456. The van der Waals surface area contributed by atoms with Crippen LogP contribution in [0.3, 0.4) is 0 Å². The van der Waals surface area contributed by atoms with Gasteiger partial charge in [-0.2, -0.15) is 0 Å². The van der Waals surface area contributed by atoms with Crippen molar-refractivity contribution < 1.29 is 19.1 Å². The Morgan fingerprint density at radius 3 is 2.61 bits per heavy atom. The molecular formula is C17H22N2O4. The van der Waals surface area contributed by atoms with E-state index in [1.165, 1.54) is 0 Å². The molecule has 0 saturated carbocycles. The first kappa shape index (κ1) is 15.6. The smallest absolute Gasteiger partial charge is 0.227 e. The van der Waals surface area contributed by atoms with E-state index in [0.717, 1.165) is 5.69 Å². The molecule has 1 saturated heterocycles. The fraction of sp³-hybridized carbons (Fsp3) is 0.529. The molecule has 0 radical (unpaired) electrons. The standard InChI is InChI=1S/C17H22N2O4/c1-17(2,3)18-16(21)11-8-15(20)19(10-11)12-4-5-13-14(9-12)23-7-6-22-13/h4-5,9,11H,6-8,10H2,1-3H3,(H,18,21)/t11-/m0/s1. The van der Waals surface area contributed by atoms with Gasteiger partial charge in [-0.1, -0.05) is 0 Å². The molecule has 1 aromatic carbocycles. The number of carbonyl (C=O) groups is 2. The Labute approximate surface area is 135 Å². The van der Waals surface area contributed by atoms with Gasteiger partial charge in [-0.15, -0.1) is 0 Å². The average Bonchev–Trinajstić information content (AvgIpc) is 2.87. The lowest BCUT2D eigenvalue weighted by Gasteiger charge is -2.24. The van der Waals surface area contributed by atoms with Crippen LogP contribution in [0.2, 0.25) is 0 Å². The third kappa shape index (κ3) is 3.41. The largest absolute Gasteiger partial charge is 0.486 e. The molecule has 0 aromatic heterocycles. The molecule has 6 nitrogen and oxygen atoms in total. The van der Waals surface area contributed by atoms with Crippen molar-refractivity contribution >= 4 is 17.5 Å². The number of nitrogens with zero attached hydrogens (tertiary/aromatic N) is 1. The van der Waals surface area contributed by atoms with E-state index in [1.807, 2.05) is 26.8 Å². The molecule has 2 heterocycles. The molecular weight excluding hydrogens is 296 g/mol. The van der Waals surface area contributed by atoms with Crippen molar-refractivity contribution in [1.82, 2.24) is 5.32 Å². The summed E-state index contributed by atoms with van der Waals surface area (Å²) >= 11 is 0. The maximum atomic E-state index is 12.3. The monoisotopic (exact) mass is 318 g/mol. The third-order valence-electron chi connectivity index (χ3n) is 3.83. The first-order chi connectivity index (χ1) is 10.8. The Morgan fingerprint density at radius 2 is 1.91 bits per heavy atom. The van der Waals surface area contributed by atoms with Crippen molar-refractivity contribution in [2.45, 2.75) is 32.7 Å². The van der Waals surface area contributed by atoms with Crippen molar-refractivity contribution in [3.8, 4) is 11.5 Å². The van der Waals surface area contributed by atoms with E-state index in [-0.39, 0.29) is 29.7 Å². The van der Waals surface area contributed by atoms with Gasteiger partial charge in [0.05, 0.1) is 5.92 Å². The van der Waals surface area contributed by atoms with E-state index < -0.39 is 0 Å². The van der Waals surface area contributed by atoms with Crippen LogP contribution in [0.15, 0.2) is 18.2 Å². The van der Waals surface area contributed by atoms with Crippen molar-refractivity contribution in [2.24, 2.45) is 5.92 Å². The summed E-state index contributed by atoms with van der Waals surface area (Å²) in [6.45, 7) is 7.21. The van der Waals surface area contributed by atoms with E-state index >= 15 is 0 Å². The fourth-order valence-corrected chi connectivity index (χ4v) is 2.80. The Bertz CT molecular complexity index is 636. The topological polar surface area (TPSA) is 67.9 Å². The average molecular weight is 318 g/mol. The normalized spacial score (nSPS) is 20.6. The summed E-state index contributed by atoms with van der Waals surface area (Å²) in [6.07, 6.45) is 0.232. The highest BCUT2D eigenvalue weighted by molar-refractivity contribution is 6.00. The Kier molecular flexibility index (Phi) is 3.92. The van der Waals surface area contributed by atoms with Crippen LogP contribution in [-0.4, -0.2) is 37.1 Å². The Hall–Kier alpha value is -2.24. The van der Waals surface area contributed by atoms with Gasteiger partial charge < -0.3 is 19.7 Å². The van der Waals surface area contributed by atoms with Gasteiger partial charge >= 0.3 is 0 Å². The highest BCUT2D eigenvalue weighted by Gasteiger charge is 2.36. The molecule has 2 aliphatic heterocycles. The second-order valence-electron chi connectivity index (χ2n) is 6.97. The molecule has 0 aliphatic carbocycles. The highest BCUT2D eigenvalue weighted by atomic mass is 16.6. The molecule has 0 unspecified atom stereocenters. The number of hydrogen-bond donors (Lipinski definition) is 1. The molecule has 1 aromatic rings. The van der Waals surface area contributed by atoms with E-state index in [0.29, 0.717) is 31.3 Å². The van der Waals surface area contributed by atoms with Crippen molar-refractivity contribution in [3.63, 3.8) is 0 Å². The summed E-state index contributed by atoms with van der Waals surface area (Å²) in [7, 11) is 0. The molecule has 0 bridgehead atoms. The lowest BCUT2D eigenvalue weighted by atomic mass is 10.0. The molecule has 23 heavy (non-hydrogen) atoms. The first-order valence-corrected chi connectivity index (χ1v) is 7.85. The zero-order chi connectivity index (χ0) is 16.6. The summed E-state index contributed by atoms with van der Waals surface area (Å²) in [5.41, 5.74) is 0.440. The van der Waals surface area contributed by atoms with E-state index in [9.17, 15) is 9.59 Å². The maximum Gasteiger partial charge on any atom is 0.227 e. The molecule has 2 amide bonds. The number of benzene rings is 1.